The number of hydrogen-bond acceptors (Lipinski definition) is 4. The van der Waals surface area contributed by atoms with Crippen LogP contribution in [0.1, 0.15) is 12.0 Å². The Morgan fingerprint density at radius 2 is 1.85 bits per heavy atom. The van der Waals surface area contributed by atoms with E-state index in [0.29, 0.717) is 12.1 Å². The maximum atomic E-state index is 12.4. The van der Waals surface area contributed by atoms with E-state index in [0.717, 1.165) is 29.6 Å². The van der Waals surface area contributed by atoms with Crippen LogP contribution in [-0.4, -0.2) is 40.3 Å². The second-order valence-electron chi connectivity index (χ2n) is 6.30. The predicted octanol–water partition coefficient (Wildman–Crippen LogP) is 3.46. The summed E-state index contributed by atoms with van der Waals surface area (Å²) in [4.78, 5) is 1.94. The van der Waals surface area contributed by atoms with Gasteiger partial charge in [0.25, 0.3) is 5.72 Å². The quantitative estimate of drug-likeness (QED) is 0.828. The molecule has 0 spiro atoms. The second-order valence-corrected chi connectivity index (χ2v) is 7.36. The lowest BCUT2D eigenvalue weighted by Crippen LogP contribution is -2.46. The van der Waals surface area contributed by atoms with E-state index in [1.807, 2.05) is 35.2 Å². The van der Waals surface area contributed by atoms with E-state index in [2.05, 4.69) is 9.31 Å². The summed E-state index contributed by atoms with van der Waals surface area (Å²) in [5.41, 5.74) is 0.275. The number of nitrogens with zero attached hydrogens (tertiary/aromatic N) is 2. The number of rotatable bonds is 4. The number of ether oxygens (including phenoxy) is 1. The topological polar surface area (TPSA) is 35.7 Å². The van der Waals surface area contributed by atoms with Crippen molar-refractivity contribution in [3.8, 4) is 5.75 Å². The molecule has 0 saturated carbocycles. The molecule has 1 atom stereocenters. The average molecular weight is 377 g/mol. The molecule has 0 amide bonds. The minimum Gasteiger partial charge on any atom is -0.435 e. The third-order valence-corrected chi connectivity index (χ3v) is 5.79. The molecule has 2 aliphatic rings. The van der Waals surface area contributed by atoms with Gasteiger partial charge in [-0.15, -0.1) is 0 Å². The molecule has 2 aromatic rings. The minimum absolute atomic E-state index is 0.0800. The van der Waals surface area contributed by atoms with E-state index in [1.165, 1.54) is 12.1 Å². The van der Waals surface area contributed by atoms with E-state index in [1.54, 1.807) is 23.9 Å². The zero-order chi connectivity index (χ0) is 18.1. The molecule has 2 aromatic carbocycles. The molecule has 136 valence electrons. The maximum Gasteiger partial charge on any atom is 0.387 e. The molecule has 0 aromatic heterocycles. The van der Waals surface area contributed by atoms with Crippen LogP contribution in [0.2, 0.25) is 0 Å². The molecule has 1 N–H and O–H groups in total. The number of halogens is 2. The maximum absolute atomic E-state index is 12.4. The molecular weight excluding hydrogens is 358 g/mol. The lowest BCUT2D eigenvalue weighted by atomic mass is 10.0. The lowest BCUT2D eigenvalue weighted by Gasteiger charge is -2.28. The van der Waals surface area contributed by atoms with Crippen LogP contribution >= 0.6 is 11.8 Å². The summed E-state index contributed by atoms with van der Waals surface area (Å²) in [5.74, 6) is 1.09. The molecule has 2 aliphatic heterocycles. The van der Waals surface area contributed by atoms with Gasteiger partial charge in [-0.2, -0.15) is 13.7 Å². The largest absolute Gasteiger partial charge is 0.435 e. The zero-order valence-corrected chi connectivity index (χ0v) is 14.8. The van der Waals surface area contributed by atoms with Crippen molar-refractivity contribution < 1.29 is 23.2 Å². The number of para-hydroxylation sites is 1. The highest BCUT2D eigenvalue weighted by atomic mass is 32.2. The molecular formula is C19H19F2N2O2S+. The summed E-state index contributed by atoms with van der Waals surface area (Å²) in [7, 11) is 0. The van der Waals surface area contributed by atoms with Crippen molar-refractivity contribution in [2.45, 2.75) is 18.8 Å². The van der Waals surface area contributed by atoms with Gasteiger partial charge in [0.15, 0.2) is 6.54 Å². The third-order valence-electron chi connectivity index (χ3n) is 4.60. The Morgan fingerprint density at radius 3 is 2.54 bits per heavy atom. The van der Waals surface area contributed by atoms with Crippen molar-refractivity contribution in [1.29, 1.82) is 0 Å². The van der Waals surface area contributed by atoms with Gasteiger partial charge in [0, 0.05) is 11.3 Å². The summed E-state index contributed by atoms with van der Waals surface area (Å²) >= 11 is 1.73. The van der Waals surface area contributed by atoms with E-state index < -0.39 is 12.3 Å². The number of hydrogen-bond donors (Lipinski definition) is 1. The van der Waals surface area contributed by atoms with E-state index in [-0.39, 0.29) is 5.75 Å². The van der Waals surface area contributed by atoms with Gasteiger partial charge in [-0.3, -0.25) is 0 Å². The fourth-order valence-corrected chi connectivity index (χ4v) is 4.66. The first kappa shape index (κ1) is 17.3. The SMILES string of the molecule is OC1(c2ccc(OC(F)F)cc2)C[N+]2=C(SCCC2)N1c1ccccc1. The predicted molar refractivity (Wildman–Crippen MR) is 98.0 cm³/mol. The smallest absolute Gasteiger partial charge is 0.387 e. The second kappa shape index (κ2) is 6.89. The van der Waals surface area contributed by atoms with Crippen LogP contribution in [0, 0.1) is 0 Å². The fraction of sp³-hybridized carbons (Fsp3) is 0.316. The van der Waals surface area contributed by atoms with Gasteiger partial charge in [-0.1, -0.05) is 18.2 Å². The standard InChI is InChI=1S/C19H19F2N2O2S/c20-17(21)25-16-9-7-14(8-10-16)19(24)13-22-11-4-12-26-18(22)23(19)15-5-2-1-3-6-15/h1-3,5-10,17,24H,4,11-13H2/q+1. The van der Waals surface area contributed by atoms with Crippen LogP contribution < -0.4 is 9.64 Å². The summed E-state index contributed by atoms with van der Waals surface area (Å²) in [6.07, 6.45) is 1.06. The lowest BCUT2D eigenvalue weighted by molar-refractivity contribution is -0.532. The molecule has 7 heteroatoms. The van der Waals surface area contributed by atoms with E-state index in [4.69, 9.17) is 0 Å². The molecule has 0 saturated heterocycles. The van der Waals surface area contributed by atoms with Crippen molar-refractivity contribution in [3.05, 3.63) is 60.2 Å². The fourth-order valence-electron chi connectivity index (χ4n) is 3.48. The van der Waals surface area contributed by atoms with Crippen molar-refractivity contribution >= 4 is 22.6 Å². The van der Waals surface area contributed by atoms with Crippen molar-refractivity contribution in [3.63, 3.8) is 0 Å². The van der Waals surface area contributed by atoms with Crippen molar-refractivity contribution in [2.75, 3.05) is 23.7 Å². The molecule has 0 aliphatic carbocycles. The van der Waals surface area contributed by atoms with Crippen LogP contribution in [0.15, 0.2) is 54.6 Å². The Morgan fingerprint density at radius 1 is 1.12 bits per heavy atom. The van der Waals surface area contributed by atoms with Gasteiger partial charge in [0.1, 0.15) is 11.4 Å². The molecule has 4 nitrogen and oxygen atoms in total. The molecule has 0 fully saturated rings. The summed E-state index contributed by atoms with van der Waals surface area (Å²) in [6, 6.07) is 16.0. The highest BCUT2D eigenvalue weighted by molar-refractivity contribution is 8.14. The van der Waals surface area contributed by atoms with Gasteiger partial charge in [-0.25, -0.2) is 4.58 Å². The molecule has 0 bridgehead atoms. The first-order valence-corrected chi connectivity index (χ1v) is 9.44. The number of amidine groups is 1. The number of aliphatic hydroxyl groups is 1. The van der Waals surface area contributed by atoms with Gasteiger partial charge in [0.05, 0.1) is 6.54 Å². The Bertz CT molecular complexity index is 814. The normalized spacial score (nSPS) is 22.7. The molecule has 26 heavy (non-hydrogen) atoms. The molecule has 4 rings (SSSR count). The first-order chi connectivity index (χ1) is 12.6. The third kappa shape index (κ3) is 3.05. The Kier molecular flexibility index (Phi) is 4.58. The van der Waals surface area contributed by atoms with Gasteiger partial charge in [0.2, 0.25) is 0 Å². The van der Waals surface area contributed by atoms with Gasteiger partial charge < -0.3 is 9.84 Å². The Balaban J connectivity index is 1.73. The van der Waals surface area contributed by atoms with Crippen LogP contribution in [0.25, 0.3) is 0 Å². The van der Waals surface area contributed by atoms with Crippen LogP contribution in [0.4, 0.5) is 14.5 Å². The van der Waals surface area contributed by atoms with Crippen LogP contribution in [0.3, 0.4) is 0 Å². The summed E-state index contributed by atoms with van der Waals surface area (Å²) in [6.45, 7) is -1.54. The van der Waals surface area contributed by atoms with Crippen molar-refractivity contribution in [1.82, 2.24) is 0 Å². The highest BCUT2D eigenvalue weighted by Crippen LogP contribution is 2.40. The summed E-state index contributed by atoms with van der Waals surface area (Å²) in [5, 5.41) is 12.7. The first-order valence-electron chi connectivity index (χ1n) is 8.46. The van der Waals surface area contributed by atoms with Gasteiger partial charge >= 0.3 is 11.8 Å². The number of alkyl halides is 2. The Labute approximate surface area is 154 Å². The van der Waals surface area contributed by atoms with Crippen LogP contribution in [0.5, 0.6) is 5.75 Å². The van der Waals surface area contributed by atoms with Crippen molar-refractivity contribution in [2.24, 2.45) is 0 Å². The number of thioether (sulfide) groups is 1. The number of anilines is 1. The molecule has 0 radical (unpaired) electrons. The highest BCUT2D eigenvalue weighted by Gasteiger charge is 2.55. The zero-order valence-electron chi connectivity index (χ0n) is 14.0. The average Bonchev–Trinajstić information content (AvgIpc) is 2.95. The van der Waals surface area contributed by atoms with E-state index in [9.17, 15) is 13.9 Å². The Hall–Kier alpha value is -2.12. The number of benzene rings is 2. The molecule has 2 heterocycles. The van der Waals surface area contributed by atoms with Gasteiger partial charge in [-0.05, 0) is 54.6 Å². The summed E-state index contributed by atoms with van der Waals surface area (Å²) < 4.78 is 31.4. The van der Waals surface area contributed by atoms with E-state index >= 15 is 0 Å². The molecule has 1 unspecified atom stereocenters. The van der Waals surface area contributed by atoms with Crippen LogP contribution in [-0.2, 0) is 5.72 Å². The monoisotopic (exact) mass is 377 g/mol. The minimum atomic E-state index is -2.86.